The third kappa shape index (κ3) is 2.30. The van der Waals surface area contributed by atoms with Crippen molar-refractivity contribution >= 4 is 11.9 Å². The molecule has 2 rings (SSSR count). The van der Waals surface area contributed by atoms with E-state index in [1.54, 1.807) is 0 Å². The highest BCUT2D eigenvalue weighted by molar-refractivity contribution is 5.97. The molecule has 0 saturated carbocycles. The van der Waals surface area contributed by atoms with Gasteiger partial charge in [0.1, 0.15) is 23.2 Å². The second-order valence-electron chi connectivity index (χ2n) is 4.55. The van der Waals surface area contributed by atoms with Gasteiger partial charge in [-0.3, -0.25) is 4.79 Å². The first-order valence-corrected chi connectivity index (χ1v) is 5.92. The molecule has 1 heterocycles. The Kier molecular flexibility index (Phi) is 3.50. The molecule has 0 bridgehead atoms. The van der Waals surface area contributed by atoms with E-state index in [4.69, 9.17) is 5.11 Å². The number of aliphatic carboxylic acids is 1. The van der Waals surface area contributed by atoms with Crippen molar-refractivity contribution in [3.05, 3.63) is 34.9 Å². The lowest BCUT2D eigenvalue weighted by atomic mass is 10.1. The van der Waals surface area contributed by atoms with Crippen LogP contribution in [0.15, 0.2) is 12.1 Å². The van der Waals surface area contributed by atoms with Crippen molar-refractivity contribution in [2.45, 2.75) is 25.8 Å². The fourth-order valence-electron chi connectivity index (χ4n) is 2.26. The summed E-state index contributed by atoms with van der Waals surface area (Å²) in [6.07, 6.45) is 0.813. The van der Waals surface area contributed by atoms with Crippen LogP contribution in [0.1, 0.15) is 28.8 Å². The lowest BCUT2D eigenvalue weighted by Crippen LogP contribution is -2.41. The minimum atomic E-state index is -1.15. The molecule has 19 heavy (non-hydrogen) atoms. The Labute approximate surface area is 108 Å². The smallest absolute Gasteiger partial charge is 0.326 e. The molecule has 6 heteroatoms. The van der Waals surface area contributed by atoms with Crippen LogP contribution in [0.25, 0.3) is 0 Å². The van der Waals surface area contributed by atoms with Crippen LogP contribution < -0.4 is 0 Å². The van der Waals surface area contributed by atoms with Crippen LogP contribution in [0.3, 0.4) is 0 Å². The first-order valence-electron chi connectivity index (χ1n) is 5.92. The quantitative estimate of drug-likeness (QED) is 0.893. The first-order chi connectivity index (χ1) is 8.93. The molecule has 1 aliphatic rings. The van der Waals surface area contributed by atoms with Crippen LogP contribution in [0.5, 0.6) is 0 Å². The van der Waals surface area contributed by atoms with E-state index in [1.165, 1.54) is 13.0 Å². The zero-order chi connectivity index (χ0) is 14.2. The van der Waals surface area contributed by atoms with E-state index in [-0.39, 0.29) is 12.1 Å². The molecule has 0 aliphatic carbocycles. The number of carbonyl (C=O) groups excluding carboxylic acids is 1. The molecule has 0 radical (unpaired) electrons. The van der Waals surface area contributed by atoms with Gasteiger partial charge >= 0.3 is 5.97 Å². The van der Waals surface area contributed by atoms with Crippen molar-refractivity contribution in [2.75, 3.05) is 6.54 Å². The molecule has 1 aromatic rings. The summed E-state index contributed by atoms with van der Waals surface area (Å²) in [5.41, 5.74) is -0.524. The second kappa shape index (κ2) is 4.95. The van der Waals surface area contributed by atoms with Crippen LogP contribution in [-0.4, -0.2) is 34.5 Å². The van der Waals surface area contributed by atoms with E-state index < -0.39 is 35.1 Å². The predicted octanol–water partition coefficient (Wildman–Crippen LogP) is 1.96. The number of hydrogen-bond acceptors (Lipinski definition) is 2. The summed E-state index contributed by atoms with van der Waals surface area (Å²) < 4.78 is 27.5. The summed E-state index contributed by atoms with van der Waals surface area (Å²) in [4.78, 5) is 24.2. The van der Waals surface area contributed by atoms with Crippen LogP contribution >= 0.6 is 0 Å². The molecule has 1 aromatic carbocycles. The van der Waals surface area contributed by atoms with Gasteiger partial charge in [-0.1, -0.05) is 6.07 Å². The van der Waals surface area contributed by atoms with Gasteiger partial charge in [0.2, 0.25) is 0 Å². The number of hydrogen-bond donors (Lipinski definition) is 1. The lowest BCUT2D eigenvalue weighted by Gasteiger charge is -2.22. The average molecular weight is 269 g/mol. The largest absolute Gasteiger partial charge is 0.480 e. The lowest BCUT2D eigenvalue weighted by molar-refractivity contribution is -0.141. The van der Waals surface area contributed by atoms with Gasteiger partial charge in [-0.25, -0.2) is 13.6 Å². The minimum absolute atomic E-state index is 0.149. The first kappa shape index (κ1) is 13.5. The average Bonchev–Trinajstić information content (AvgIpc) is 2.83. The number of carboxylic acid groups (broad SMARTS) is 1. The number of carbonyl (C=O) groups is 2. The van der Waals surface area contributed by atoms with E-state index in [0.717, 1.165) is 11.0 Å². The zero-order valence-electron chi connectivity index (χ0n) is 10.3. The third-order valence-electron chi connectivity index (χ3n) is 3.30. The second-order valence-corrected chi connectivity index (χ2v) is 4.55. The van der Waals surface area contributed by atoms with Crippen LogP contribution in [0.2, 0.25) is 0 Å². The highest BCUT2D eigenvalue weighted by atomic mass is 19.1. The van der Waals surface area contributed by atoms with Crippen molar-refractivity contribution < 1.29 is 23.5 Å². The van der Waals surface area contributed by atoms with Crippen molar-refractivity contribution in [1.29, 1.82) is 0 Å². The normalized spacial score (nSPS) is 18.7. The van der Waals surface area contributed by atoms with Crippen molar-refractivity contribution in [2.24, 2.45) is 0 Å². The maximum atomic E-state index is 13.9. The van der Waals surface area contributed by atoms with Gasteiger partial charge in [0.15, 0.2) is 0 Å². The number of aryl methyl sites for hydroxylation is 1. The van der Waals surface area contributed by atoms with Crippen molar-refractivity contribution in [3.8, 4) is 0 Å². The van der Waals surface area contributed by atoms with E-state index in [9.17, 15) is 18.4 Å². The molecule has 1 aliphatic heterocycles. The molecule has 0 spiro atoms. The molecule has 4 nitrogen and oxygen atoms in total. The monoisotopic (exact) mass is 269 g/mol. The van der Waals surface area contributed by atoms with Gasteiger partial charge < -0.3 is 10.0 Å². The summed E-state index contributed by atoms with van der Waals surface area (Å²) in [5.74, 6) is -3.95. The Balaban J connectivity index is 2.40. The molecule has 1 saturated heterocycles. The van der Waals surface area contributed by atoms with Gasteiger partial charge in [-0.2, -0.15) is 0 Å². The summed E-state index contributed by atoms with van der Waals surface area (Å²) in [6.45, 7) is 1.62. The van der Waals surface area contributed by atoms with Gasteiger partial charge in [0, 0.05) is 6.54 Å². The SMILES string of the molecule is Cc1ccc(F)c(C(=O)N2CCC[C@H]2C(=O)O)c1F. The zero-order valence-corrected chi connectivity index (χ0v) is 10.3. The fraction of sp³-hybridized carbons (Fsp3) is 0.385. The molecule has 0 unspecified atom stereocenters. The van der Waals surface area contributed by atoms with Gasteiger partial charge in [-0.05, 0) is 31.4 Å². The highest BCUT2D eigenvalue weighted by Gasteiger charge is 2.36. The minimum Gasteiger partial charge on any atom is -0.480 e. The summed E-state index contributed by atoms with van der Waals surface area (Å²) in [5, 5.41) is 8.99. The molecule has 0 aromatic heterocycles. The molecular weight excluding hydrogens is 256 g/mol. The van der Waals surface area contributed by atoms with Crippen LogP contribution in [0, 0.1) is 18.6 Å². The number of amides is 1. The summed E-state index contributed by atoms with van der Waals surface area (Å²) in [6, 6.07) is 1.24. The molecule has 1 fully saturated rings. The summed E-state index contributed by atoms with van der Waals surface area (Å²) in [7, 11) is 0. The Morgan fingerprint density at radius 1 is 1.37 bits per heavy atom. The van der Waals surface area contributed by atoms with Crippen LogP contribution in [0.4, 0.5) is 8.78 Å². The molecular formula is C13H13F2NO3. The third-order valence-corrected chi connectivity index (χ3v) is 3.30. The topological polar surface area (TPSA) is 57.6 Å². The number of halogens is 2. The van der Waals surface area contributed by atoms with E-state index >= 15 is 0 Å². The number of nitrogens with zero attached hydrogens (tertiary/aromatic N) is 1. The Morgan fingerprint density at radius 3 is 2.68 bits per heavy atom. The predicted molar refractivity (Wildman–Crippen MR) is 62.8 cm³/mol. The van der Waals surface area contributed by atoms with Crippen LogP contribution in [-0.2, 0) is 4.79 Å². The number of likely N-dealkylation sites (tertiary alicyclic amines) is 1. The van der Waals surface area contributed by atoms with Gasteiger partial charge in [0.25, 0.3) is 5.91 Å². The molecule has 1 atom stereocenters. The molecule has 1 N–H and O–H groups in total. The van der Waals surface area contributed by atoms with E-state index in [0.29, 0.717) is 12.8 Å². The Hall–Kier alpha value is -1.98. The number of carboxylic acids is 1. The van der Waals surface area contributed by atoms with Crippen molar-refractivity contribution in [3.63, 3.8) is 0 Å². The highest BCUT2D eigenvalue weighted by Crippen LogP contribution is 2.24. The van der Waals surface area contributed by atoms with E-state index in [2.05, 4.69) is 0 Å². The standard InChI is InChI=1S/C13H13F2NO3/c1-7-4-5-8(14)10(11(7)15)12(17)16-6-2-3-9(16)13(18)19/h4-5,9H,2-3,6H2,1H3,(H,18,19)/t9-/m0/s1. The van der Waals surface area contributed by atoms with Gasteiger partial charge in [-0.15, -0.1) is 0 Å². The Bertz CT molecular complexity index is 545. The Morgan fingerprint density at radius 2 is 2.05 bits per heavy atom. The maximum Gasteiger partial charge on any atom is 0.326 e. The number of benzene rings is 1. The van der Waals surface area contributed by atoms with Gasteiger partial charge in [0.05, 0.1) is 0 Å². The maximum absolute atomic E-state index is 13.9. The fourth-order valence-corrected chi connectivity index (χ4v) is 2.26. The number of rotatable bonds is 2. The van der Waals surface area contributed by atoms with E-state index in [1.807, 2.05) is 0 Å². The molecule has 102 valence electrons. The summed E-state index contributed by atoms with van der Waals surface area (Å²) >= 11 is 0. The molecule has 1 amide bonds. The van der Waals surface area contributed by atoms with Crippen molar-refractivity contribution in [1.82, 2.24) is 4.90 Å².